The van der Waals surface area contributed by atoms with Crippen molar-refractivity contribution in [2.24, 2.45) is 5.92 Å². The Morgan fingerprint density at radius 2 is 2.06 bits per heavy atom. The van der Waals surface area contributed by atoms with E-state index in [4.69, 9.17) is 4.84 Å². The molecule has 1 saturated carbocycles. The standard InChI is InChI=1S/C14H21NO/c1-2-14(13-9-6-10-13)15-16-11-12-7-4-3-5-8-12/h3-5,7-8,13-15H,2,6,9-11H2,1H3. The highest BCUT2D eigenvalue weighted by molar-refractivity contribution is 5.13. The molecule has 1 unspecified atom stereocenters. The van der Waals surface area contributed by atoms with Crippen LogP contribution in [0.3, 0.4) is 0 Å². The number of hydrogen-bond acceptors (Lipinski definition) is 2. The van der Waals surface area contributed by atoms with Gasteiger partial charge in [-0.15, -0.1) is 0 Å². The molecule has 1 fully saturated rings. The first-order valence-corrected chi connectivity index (χ1v) is 6.31. The Morgan fingerprint density at radius 3 is 2.62 bits per heavy atom. The van der Waals surface area contributed by atoms with E-state index in [9.17, 15) is 0 Å². The number of benzene rings is 1. The number of hydroxylamine groups is 1. The van der Waals surface area contributed by atoms with Crippen LogP contribution in [0.1, 0.15) is 38.2 Å². The van der Waals surface area contributed by atoms with E-state index < -0.39 is 0 Å². The molecule has 0 heterocycles. The summed E-state index contributed by atoms with van der Waals surface area (Å²) < 4.78 is 0. The average Bonchev–Trinajstić information content (AvgIpc) is 2.26. The molecule has 2 rings (SSSR count). The van der Waals surface area contributed by atoms with E-state index in [1.54, 1.807) is 0 Å². The molecule has 1 aliphatic carbocycles. The predicted molar refractivity (Wildman–Crippen MR) is 65.8 cm³/mol. The highest BCUT2D eigenvalue weighted by atomic mass is 16.6. The molecular formula is C14H21NO. The molecule has 2 heteroatoms. The third-order valence-corrected chi connectivity index (χ3v) is 3.48. The van der Waals surface area contributed by atoms with Crippen LogP contribution < -0.4 is 5.48 Å². The lowest BCUT2D eigenvalue weighted by atomic mass is 9.79. The van der Waals surface area contributed by atoms with Crippen molar-refractivity contribution >= 4 is 0 Å². The monoisotopic (exact) mass is 219 g/mol. The minimum absolute atomic E-state index is 0.539. The van der Waals surface area contributed by atoms with Gasteiger partial charge in [0.05, 0.1) is 6.61 Å². The Bertz CT molecular complexity index is 295. The first-order valence-electron chi connectivity index (χ1n) is 6.31. The maximum absolute atomic E-state index is 5.58. The van der Waals surface area contributed by atoms with Crippen LogP contribution in [0.2, 0.25) is 0 Å². The second kappa shape index (κ2) is 6.02. The molecule has 0 aromatic heterocycles. The van der Waals surface area contributed by atoms with Gasteiger partial charge in [0.25, 0.3) is 0 Å². The van der Waals surface area contributed by atoms with Crippen molar-refractivity contribution in [1.82, 2.24) is 5.48 Å². The van der Waals surface area contributed by atoms with Gasteiger partial charge in [-0.25, -0.2) is 0 Å². The SMILES string of the molecule is CCC(NOCc1ccccc1)C1CCC1. The Kier molecular flexibility index (Phi) is 4.37. The summed E-state index contributed by atoms with van der Waals surface area (Å²) in [5.41, 5.74) is 4.44. The largest absolute Gasteiger partial charge is 0.297 e. The van der Waals surface area contributed by atoms with Crippen LogP contribution in [-0.2, 0) is 11.4 Å². The van der Waals surface area contributed by atoms with Gasteiger partial charge in [0, 0.05) is 6.04 Å². The quantitative estimate of drug-likeness (QED) is 0.741. The fraction of sp³-hybridized carbons (Fsp3) is 0.571. The summed E-state index contributed by atoms with van der Waals surface area (Å²) in [4.78, 5) is 5.58. The lowest BCUT2D eigenvalue weighted by molar-refractivity contribution is -0.0219. The van der Waals surface area contributed by atoms with Crippen molar-refractivity contribution in [1.29, 1.82) is 0 Å². The summed E-state index contributed by atoms with van der Waals surface area (Å²) in [6, 6.07) is 10.8. The molecule has 0 spiro atoms. The number of rotatable bonds is 6. The molecule has 88 valence electrons. The van der Waals surface area contributed by atoms with Gasteiger partial charge in [-0.1, -0.05) is 43.7 Å². The number of nitrogens with one attached hydrogen (secondary N) is 1. The smallest absolute Gasteiger partial charge is 0.0933 e. The van der Waals surface area contributed by atoms with Crippen LogP contribution >= 0.6 is 0 Å². The second-order valence-electron chi connectivity index (χ2n) is 4.60. The van der Waals surface area contributed by atoms with Crippen LogP contribution in [-0.4, -0.2) is 6.04 Å². The van der Waals surface area contributed by atoms with Crippen LogP contribution in [0.5, 0.6) is 0 Å². The van der Waals surface area contributed by atoms with Crippen molar-refractivity contribution in [2.75, 3.05) is 0 Å². The Labute approximate surface area is 98.0 Å². The molecule has 1 aromatic rings. The van der Waals surface area contributed by atoms with Crippen LogP contribution in [0.25, 0.3) is 0 Å². The van der Waals surface area contributed by atoms with Crippen molar-refractivity contribution in [2.45, 2.75) is 45.3 Å². The van der Waals surface area contributed by atoms with E-state index in [2.05, 4.69) is 24.5 Å². The normalized spacial score (nSPS) is 18.1. The van der Waals surface area contributed by atoms with E-state index in [0.29, 0.717) is 12.6 Å². The second-order valence-corrected chi connectivity index (χ2v) is 4.60. The summed E-state index contributed by atoms with van der Waals surface area (Å²) >= 11 is 0. The molecule has 0 radical (unpaired) electrons. The lowest BCUT2D eigenvalue weighted by Crippen LogP contribution is -2.38. The van der Waals surface area contributed by atoms with Gasteiger partial charge < -0.3 is 0 Å². The van der Waals surface area contributed by atoms with Gasteiger partial charge in [0.1, 0.15) is 0 Å². The van der Waals surface area contributed by atoms with Gasteiger partial charge in [-0.2, -0.15) is 5.48 Å². The zero-order valence-corrected chi connectivity index (χ0v) is 9.99. The van der Waals surface area contributed by atoms with Gasteiger partial charge >= 0.3 is 0 Å². The van der Waals surface area contributed by atoms with E-state index in [1.165, 1.54) is 24.8 Å². The van der Waals surface area contributed by atoms with Gasteiger partial charge in [0.15, 0.2) is 0 Å². The topological polar surface area (TPSA) is 21.3 Å². The van der Waals surface area contributed by atoms with Crippen molar-refractivity contribution < 1.29 is 4.84 Å². The zero-order chi connectivity index (χ0) is 11.2. The molecule has 0 amide bonds. The molecule has 1 N–H and O–H groups in total. The third-order valence-electron chi connectivity index (χ3n) is 3.48. The van der Waals surface area contributed by atoms with Crippen molar-refractivity contribution in [3.8, 4) is 0 Å². The van der Waals surface area contributed by atoms with E-state index in [0.717, 1.165) is 12.3 Å². The van der Waals surface area contributed by atoms with Crippen molar-refractivity contribution in [3.05, 3.63) is 35.9 Å². The van der Waals surface area contributed by atoms with Crippen molar-refractivity contribution in [3.63, 3.8) is 0 Å². The highest BCUT2D eigenvalue weighted by Crippen LogP contribution is 2.30. The Balaban J connectivity index is 1.70. The molecule has 1 atom stereocenters. The summed E-state index contributed by atoms with van der Waals surface area (Å²) in [6.07, 6.45) is 5.27. The minimum Gasteiger partial charge on any atom is -0.297 e. The Hall–Kier alpha value is -0.860. The van der Waals surface area contributed by atoms with Crippen LogP contribution in [0.15, 0.2) is 30.3 Å². The summed E-state index contributed by atoms with van der Waals surface area (Å²) in [6.45, 7) is 2.88. The fourth-order valence-corrected chi connectivity index (χ4v) is 2.16. The zero-order valence-electron chi connectivity index (χ0n) is 9.99. The lowest BCUT2D eigenvalue weighted by Gasteiger charge is -2.33. The minimum atomic E-state index is 0.539. The van der Waals surface area contributed by atoms with Gasteiger partial charge in [-0.05, 0) is 30.7 Å². The van der Waals surface area contributed by atoms with Crippen LogP contribution in [0.4, 0.5) is 0 Å². The predicted octanol–water partition coefficient (Wildman–Crippen LogP) is 3.29. The van der Waals surface area contributed by atoms with Gasteiger partial charge in [-0.3, -0.25) is 4.84 Å². The number of hydrogen-bond donors (Lipinski definition) is 1. The fourth-order valence-electron chi connectivity index (χ4n) is 2.16. The van der Waals surface area contributed by atoms with E-state index >= 15 is 0 Å². The molecule has 0 aliphatic heterocycles. The summed E-state index contributed by atoms with van der Waals surface area (Å²) in [5.74, 6) is 0.834. The molecule has 1 aliphatic rings. The first-order chi connectivity index (χ1) is 7.90. The highest BCUT2D eigenvalue weighted by Gasteiger charge is 2.25. The molecule has 16 heavy (non-hydrogen) atoms. The van der Waals surface area contributed by atoms with Crippen LogP contribution in [0, 0.1) is 5.92 Å². The van der Waals surface area contributed by atoms with Gasteiger partial charge in [0.2, 0.25) is 0 Å². The molecule has 0 saturated heterocycles. The third kappa shape index (κ3) is 3.06. The molecule has 1 aromatic carbocycles. The average molecular weight is 219 g/mol. The molecular weight excluding hydrogens is 198 g/mol. The molecule has 0 bridgehead atoms. The molecule has 2 nitrogen and oxygen atoms in total. The maximum Gasteiger partial charge on any atom is 0.0933 e. The summed E-state index contributed by atoms with van der Waals surface area (Å²) in [7, 11) is 0. The van der Waals surface area contributed by atoms with E-state index in [-0.39, 0.29) is 0 Å². The first kappa shape index (κ1) is 11.6. The summed E-state index contributed by atoms with van der Waals surface area (Å²) in [5, 5.41) is 0. The maximum atomic E-state index is 5.58. The Morgan fingerprint density at radius 1 is 1.31 bits per heavy atom. The van der Waals surface area contributed by atoms with E-state index in [1.807, 2.05) is 18.2 Å².